The molecule has 0 radical (unpaired) electrons. The minimum absolute atomic E-state index is 0.0149. The summed E-state index contributed by atoms with van der Waals surface area (Å²) in [5, 5.41) is 0. The molecule has 2 nitrogen and oxygen atoms in total. The number of carbonyl (C=O) groups is 1. The van der Waals surface area contributed by atoms with Gasteiger partial charge in [0.1, 0.15) is 0 Å². The average molecular weight is 520 g/mol. The third-order valence-corrected chi connectivity index (χ3v) is 7.62. The number of benzene rings is 1. The molecule has 0 bridgehead atoms. The first kappa shape index (κ1) is 31.2. The van der Waals surface area contributed by atoms with Crippen LogP contribution in [-0.2, 0) is 5.79 Å². The lowest BCUT2D eigenvalue weighted by molar-refractivity contribution is 0.0976. The zero-order valence-corrected chi connectivity index (χ0v) is 23.6. The number of aryl methyl sites for hydroxylation is 1. The number of carbonyl (C=O) groups excluding carboxylic acids is 1. The van der Waals surface area contributed by atoms with Crippen LogP contribution >= 0.6 is 0 Å². The fourth-order valence-electron chi connectivity index (χ4n) is 5.39. The number of rotatable bonds is 19. The molecule has 0 saturated carbocycles. The molecule has 1 unspecified atom stereocenters. The SMILES string of the molecule is CCCCCCCCCCCCCCCCCC(=O)c1c(C)cn(C(C)(F)c2cccc(F)c2F)c1C. The molecule has 37 heavy (non-hydrogen) atoms. The Balaban J connectivity index is 1.69. The number of Topliss-reactive ketones (excluding diaryl/α,β-unsaturated/α-hetero) is 1. The molecule has 0 saturated heterocycles. The summed E-state index contributed by atoms with van der Waals surface area (Å²) >= 11 is 0. The van der Waals surface area contributed by atoms with Crippen LogP contribution in [0.1, 0.15) is 144 Å². The van der Waals surface area contributed by atoms with E-state index >= 15 is 4.39 Å². The maximum absolute atomic E-state index is 15.8. The van der Waals surface area contributed by atoms with E-state index in [9.17, 15) is 13.6 Å². The molecular formula is C32H48F3NO. The van der Waals surface area contributed by atoms with Gasteiger partial charge in [0.25, 0.3) is 0 Å². The van der Waals surface area contributed by atoms with E-state index in [2.05, 4.69) is 6.92 Å². The van der Waals surface area contributed by atoms with E-state index in [1.165, 1.54) is 107 Å². The molecule has 0 spiro atoms. The summed E-state index contributed by atoms with van der Waals surface area (Å²) in [5.74, 6) is -4.62. The van der Waals surface area contributed by atoms with Crippen LogP contribution in [0.5, 0.6) is 0 Å². The number of nitrogens with zero attached hydrogens (tertiary/aromatic N) is 1. The number of ketones is 1. The van der Waals surface area contributed by atoms with Gasteiger partial charge < -0.3 is 4.57 Å². The van der Waals surface area contributed by atoms with E-state index < -0.39 is 17.4 Å². The highest BCUT2D eigenvalue weighted by atomic mass is 19.2. The molecule has 208 valence electrons. The number of hydrogen-bond donors (Lipinski definition) is 0. The largest absolute Gasteiger partial charge is 0.315 e. The van der Waals surface area contributed by atoms with Crippen LogP contribution in [0, 0.1) is 25.5 Å². The van der Waals surface area contributed by atoms with Crippen molar-refractivity contribution in [2.24, 2.45) is 0 Å². The summed E-state index contributed by atoms with van der Waals surface area (Å²) in [6.45, 7) is 6.89. The zero-order chi connectivity index (χ0) is 27.3. The lowest BCUT2D eigenvalue weighted by atomic mass is 10.0. The Labute approximate surface area is 223 Å². The van der Waals surface area contributed by atoms with Crippen molar-refractivity contribution in [2.75, 3.05) is 0 Å². The molecule has 1 heterocycles. The first-order valence-corrected chi connectivity index (χ1v) is 14.6. The van der Waals surface area contributed by atoms with Crippen LogP contribution in [0.25, 0.3) is 0 Å². The zero-order valence-electron chi connectivity index (χ0n) is 23.6. The maximum atomic E-state index is 15.8. The molecule has 1 atom stereocenters. The second-order valence-electron chi connectivity index (χ2n) is 10.8. The van der Waals surface area contributed by atoms with Crippen molar-refractivity contribution >= 4 is 5.78 Å². The fraction of sp³-hybridized carbons (Fsp3) is 0.656. The molecule has 5 heteroatoms. The third-order valence-electron chi connectivity index (χ3n) is 7.62. The van der Waals surface area contributed by atoms with Crippen molar-refractivity contribution in [1.29, 1.82) is 0 Å². The highest BCUT2D eigenvalue weighted by Crippen LogP contribution is 2.34. The Morgan fingerprint density at radius 3 is 1.81 bits per heavy atom. The van der Waals surface area contributed by atoms with Gasteiger partial charge in [0, 0.05) is 29.4 Å². The summed E-state index contributed by atoms with van der Waals surface area (Å²) < 4.78 is 45.0. The first-order valence-electron chi connectivity index (χ1n) is 14.6. The van der Waals surface area contributed by atoms with E-state index in [-0.39, 0.29) is 11.3 Å². The summed E-state index contributed by atoms with van der Waals surface area (Å²) in [5.41, 5.74) is 1.21. The van der Waals surface area contributed by atoms with Crippen molar-refractivity contribution < 1.29 is 18.0 Å². The van der Waals surface area contributed by atoms with Crippen molar-refractivity contribution in [2.45, 2.75) is 136 Å². The van der Waals surface area contributed by atoms with Crippen LogP contribution in [0.4, 0.5) is 13.2 Å². The summed E-state index contributed by atoms with van der Waals surface area (Å²) in [7, 11) is 0. The van der Waals surface area contributed by atoms with E-state index in [1.807, 2.05) is 0 Å². The molecule has 0 aliphatic heterocycles. The van der Waals surface area contributed by atoms with Gasteiger partial charge in [-0.05, 0) is 38.8 Å². The Kier molecular flexibility index (Phi) is 13.5. The van der Waals surface area contributed by atoms with Crippen molar-refractivity contribution in [1.82, 2.24) is 4.57 Å². The van der Waals surface area contributed by atoms with Crippen molar-refractivity contribution in [3.8, 4) is 0 Å². The van der Waals surface area contributed by atoms with Crippen LogP contribution in [-0.4, -0.2) is 10.4 Å². The van der Waals surface area contributed by atoms with Gasteiger partial charge in [-0.1, -0.05) is 109 Å². The molecule has 0 aliphatic rings. The molecule has 0 amide bonds. The Bertz CT molecular complexity index is 963. The topological polar surface area (TPSA) is 22.0 Å². The molecule has 0 aliphatic carbocycles. The minimum atomic E-state index is -2.31. The Morgan fingerprint density at radius 1 is 0.811 bits per heavy atom. The number of aromatic nitrogens is 1. The molecule has 1 aromatic carbocycles. The Morgan fingerprint density at radius 2 is 1.30 bits per heavy atom. The first-order chi connectivity index (χ1) is 17.7. The summed E-state index contributed by atoms with van der Waals surface area (Å²) in [6, 6.07) is 3.50. The number of hydrogen-bond acceptors (Lipinski definition) is 1. The maximum Gasteiger partial charge on any atom is 0.212 e. The number of alkyl halides is 1. The van der Waals surface area contributed by atoms with Gasteiger partial charge in [-0.2, -0.15) is 0 Å². The molecule has 2 rings (SSSR count). The average Bonchev–Trinajstić information content (AvgIpc) is 3.17. The molecule has 2 aromatic rings. The predicted octanol–water partition coefficient (Wildman–Crippen LogP) is 10.5. The summed E-state index contributed by atoms with van der Waals surface area (Å²) in [6.07, 6.45) is 21.0. The van der Waals surface area contributed by atoms with Crippen molar-refractivity contribution in [3.63, 3.8) is 0 Å². The van der Waals surface area contributed by atoms with Gasteiger partial charge in [0.2, 0.25) is 5.79 Å². The number of unbranched alkanes of at least 4 members (excludes halogenated alkanes) is 14. The lowest BCUT2D eigenvalue weighted by Crippen LogP contribution is -2.28. The van der Waals surface area contributed by atoms with Gasteiger partial charge >= 0.3 is 0 Å². The second kappa shape index (κ2) is 16.0. The number of halogens is 3. The standard InChI is InChI=1S/C32H48F3NO/c1-5-6-7-8-9-10-11-12-13-14-15-16-17-18-19-23-29(37)30-25(2)24-36(26(30)3)32(4,35)27-21-20-22-28(33)31(27)34/h20-22,24H,5-19,23H2,1-4H3. The quantitative estimate of drug-likeness (QED) is 0.134. The van der Waals surface area contributed by atoms with Crippen LogP contribution in [0.15, 0.2) is 24.4 Å². The van der Waals surface area contributed by atoms with Gasteiger partial charge in [0.05, 0.1) is 0 Å². The predicted molar refractivity (Wildman–Crippen MR) is 148 cm³/mol. The normalized spacial score (nSPS) is 13.2. The van der Waals surface area contributed by atoms with Crippen LogP contribution in [0.3, 0.4) is 0 Å². The summed E-state index contributed by atoms with van der Waals surface area (Å²) in [4.78, 5) is 12.9. The lowest BCUT2D eigenvalue weighted by Gasteiger charge is -2.25. The van der Waals surface area contributed by atoms with Gasteiger partial charge in [0.15, 0.2) is 17.4 Å². The smallest absolute Gasteiger partial charge is 0.212 e. The second-order valence-corrected chi connectivity index (χ2v) is 10.8. The van der Waals surface area contributed by atoms with Crippen LogP contribution in [0.2, 0.25) is 0 Å². The monoisotopic (exact) mass is 519 g/mol. The molecular weight excluding hydrogens is 471 g/mol. The molecule has 0 fully saturated rings. The van der Waals surface area contributed by atoms with Gasteiger partial charge in [-0.25, -0.2) is 13.2 Å². The van der Waals surface area contributed by atoms with Crippen LogP contribution < -0.4 is 0 Å². The van der Waals surface area contributed by atoms with Gasteiger partial charge in [-0.15, -0.1) is 0 Å². The minimum Gasteiger partial charge on any atom is -0.315 e. The highest BCUT2D eigenvalue weighted by molar-refractivity contribution is 5.98. The molecule has 0 N–H and O–H groups in total. The Hall–Kier alpha value is -2.04. The van der Waals surface area contributed by atoms with Gasteiger partial charge in [-0.3, -0.25) is 4.79 Å². The van der Waals surface area contributed by atoms with E-state index in [0.717, 1.165) is 25.3 Å². The molecule has 1 aromatic heterocycles. The fourth-order valence-corrected chi connectivity index (χ4v) is 5.39. The highest BCUT2D eigenvalue weighted by Gasteiger charge is 2.35. The third kappa shape index (κ3) is 9.33. The van der Waals surface area contributed by atoms with E-state index in [1.54, 1.807) is 13.8 Å². The van der Waals surface area contributed by atoms with E-state index in [4.69, 9.17) is 0 Å². The van der Waals surface area contributed by atoms with E-state index in [0.29, 0.717) is 23.2 Å². The van der Waals surface area contributed by atoms with Crippen molar-refractivity contribution in [3.05, 3.63) is 58.4 Å².